The first kappa shape index (κ1) is 32.6. The van der Waals surface area contributed by atoms with Crippen molar-refractivity contribution in [2.24, 2.45) is 5.92 Å². The lowest BCUT2D eigenvalue weighted by Crippen LogP contribution is -2.60. The Morgan fingerprint density at radius 1 is 1.03 bits per heavy atom. The van der Waals surface area contributed by atoms with Crippen molar-refractivity contribution >= 4 is 17.9 Å². The maximum absolute atomic E-state index is 14.6. The lowest BCUT2D eigenvalue weighted by Gasteiger charge is -2.45. The molecule has 220 valence electrons. The van der Waals surface area contributed by atoms with Crippen molar-refractivity contribution in [3.63, 3.8) is 0 Å². The number of rotatable bonds is 10. The molecule has 0 heterocycles. The number of benzene rings is 1. The number of hydrogen-bond acceptors (Lipinski definition) is 4. The Balaban J connectivity index is 2.62. The fourth-order valence-corrected chi connectivity index (χ4v) is 5.24. The van der Waals surface area contributed by atoms with Crippen molar-refractivity contribution in [3.8, 4) is 0 Å². The van der Waals surface area contributed by atoms with Gasteiger partial charge in [0.05, 0.1) is 0 Å². The van der Waals surface area contributed by atoms with Crippen LogP contribution in [0.15, 0.2) is 18.2 Å². The fourth-order valence-electron chi connectivity index (χ4n) is 5.24. The fraction of sp³-hybridized carbons (Fsp3) is 0.719. The summed E-state index contributed by atoms with van der Waals surface area (Å²) in [6.45, 7) is 19.4. The Labute approximate surface area is 236 Å². The van der Waals surface area contributed by atoms with Crippen LogP contribution in [0.5, 0.6) is 0 Å². The highest BCUT2D eigenvalue weighted by molar-refractivity contribution is 5.93. The van der Waals surface area contributed by atoms with Gasteiger partial charge in [-0.15, -0.1) is 0 Å². The highest BCUT2D eigenvalue weighted by Gasteiger charge is 2.44. The van der Waals surface area contributed by atoms with Crippen LogP contribution >= 0.6 is 0 Å². The van der Waals surface area contributed by atoms with Gasteiger partial charge in [0.1, 0.15) is 17.7 Å². The largest absolute Gasteiger partial charge is 0.444 e. The molecule has 1 saturated carbocycles. The molecule has 1 aliphatic carbocycles. The van der Waals surface area contributed by atoms with E-state index in [1.807, 2.05) is 66.7 Å². The Morgan fingerprint density at radius 3 is 2.18 bits per heavy atom. The minimum absolute atomic E-state index is 0.104. The van der Waals surface area contributed by atoms with Crippen molar-refractivity contribution in [1.29, 1.82) is 0 Å². The zero-order valence-corrected chi connectivity index (χ0v) is 26.1. The first-order valence-electron chi connectivity index (χ1n) is 14.8. The molecule has 3 amide bonds. The number of hydrogen-bond donors (Lipinski definition) is 2. The highest BCUT2D eigenvalue weighted by atomic mass is 16.6. The molecule has 7 nitrogen and oxygen atoms in total. The quantitative estimate of drug-likeness (QED) is 0.342. The van der Waals surface area contributed by atoms with Crippen LogP contribution in [0.1, 0.15) is 123 Å². The molecule has 39 heavy (non-hydrogen) atoms. The summed E-state index contributed by atoms with van der Waals surface area (Å²) in [5, 5.41) is 6.15. The maximum atomic E-state index is 14.6. The van der Waals surface area contributed by atoms with E-state index in [1.165, 1.54) is 6.42 Å². The Kier molecular flexibility index (Phi) is 11.4. The standard InChI is InChI=1S/C32H53N3O4/c1-11-32(9,10)35(29(37)26(19-21(2)3)34-30(38)39-31(6,7)8)27(25-20-22(4)17-18-23(25)5)28(36)33-24-15-13-12-14-16-24/h17-18,20-21,24,26-27H,11-16,19H2,1-10H3,(H,33,36)(H,34,38). The molecule has 0 bridgehead atoms. The topological polar surface area (TPSA) is 87.7 Å². The van der Waals surface area contributed by atoms with Gasteiger partial charge in [0.15, 0.2) is 0 Å². The first-order valence-corrected chi connectivity index (χ1v) is 14.8. The second-order valence-electron chi connectivity index (χ2n) is 13.3. The summed E-state index contributed by atoms with van der Waals surface area (Å²) in [4.78, 5) is 43.4. The Bertz CT molecular complexity index is 990. The minimum Gasteiger partial charge on any atom is -0.444 e. The van der Waals surface area contributed by atoms with E-state index in [-0.39, 0.29) is 23.8 Å². The molecule has 1 aliphatic rings. The number of carbonyl (C=O) groups is 3. The van der Waals surface area contributed by atoms with E-state index in [0.29, 0.717) is 12.8 Å². The molecule has 2 N–H and O–H groups in total. The van der Waals surface area contributed by atoms with Gasteiger partial charge in [-0.1, -0.05) is 63.8 Å². The van der Waals surface area contributed by atoms with Gasteiger partial charge < -0.3 is 20.3 Å². The van der Waals surface area contributed by atoms with Gasteiger partial charge in [-0.2, -0.15) is 0 Å². The third kappa shape index (κ3) is 9.54. The summed E-state index contributed by atoms with van der Waals surface area (Å²) in [5.41, 5.74) is 1.44. The van der Waals surface area contributed by atoms with Gasteiger partial charge in [-0.3, -0.25) is 9.59 Å². The zero-order valence-electron chi connectivity index (χ0n) is 26.1. The van der Waals surface area contributed by atoms with E-state index in [9.17, 15) is 14.4 Å². The summed E-state index contributed by atoms with van der Waals surface area (Å²) in [7, 11) is 0. The SMILES string of the molecule is CCC(C)(C)N(C(=O)C(CC(C)C)NC(=O)OC(C)(C)C)C(C(=O)NC1CCCCC1)c1cc(C)ccc1C. The van der Waals surface area contributed by atoms with Crippen molar-refractivity contribution in [2.75, 3.05) is 0 Å². The van der Waals surface area contributed by atoms with E-state index in [0.717, 1.165) is 42.4 Å². The normalized spacial score (nSPS) is 16.4. The van der Waals surface area contributed by atoms with Gasteiger partial charge >= 0.3 is 6.09 Å². The summed E-state index contributed by atoms with van der Waals surface area (Å²) < 4.78 is 5.52. The van der Waals surface area contributed by atoms with Crippen molar-refractivity contribution in [3.05, 3.63) is 34.9 Å². The van der Waals surface area contributed by atoms with E-state index in [4.69, 9.17) is 4.74 Å². The Hall–Kier alpha value is -2.57. The number of amides is 3. The molecule has 2 unspecified atom stereocenters. The average molecular weight is 544 g/mol. The third-order valence-electron chi connectivity index (χ3n) is 7.64. The molecular formula is C32H53N3O4. The van der Waals surface area contributed by atoms with E-state index < -0.39 is 29.3 Å². The van der Waals surface area contributed by atoms with E-state index in [2.05, 4.69) is 10.6 Å². The molecule has 0 spiro atoms. The number of nitrogens with zero attached hydrogens (tertiary/aromatic N) is 1. The molecule has 0 aromatic heterocycles. The molecular weight excluding hydrogens is 490 g/mol. The van der Waals surface area contributed by atoms with Crippen LogP contribution in [0.2, 0.25) is 0 Å². The average Bonchev–Trinajstić information content (AvgIpc) is 2.82. The number of nitrogens with one attached hydrogen (secondary N) is 2. The highest BCUT2D eigenvalue weighted by Crippen LogP contribution is 2.35. The molecule has 0 radical (unpaired) electrons. The van der Waals surface area contributed by atoms with Crippen LogP contribution in [-0.4, -0.2) is 46.0 Å². The number of alkyl carbamates (subject to hydrolysis) is 1. The molecule has 1 aromatic rings. The van der Waals surface area contributed by atoms with E-state index in [1.54, 1.807) is 25.7 Å². The van der Waals surface area contributed by atoms with Crippen molar-refractivity contribution < 1.29 is 19.1 Å². The number of carbonyl (C=O) groups excluding carboxylic acids is 3. The zero-order chi connectivity index (χ0) is 29.5. The van der Waals surface area contributed by atoms with Gasteiger partial charge in [0, 0.05) is 11.6 Å². The Morgan fingerprint density at radius 2 is 1.64 bits per heavy atom. The predicted molar refractivity (Wildman–Crippen MR) is 158 cm³/mol. The van der Waals surface area contributed by atoms with Crippen molar-refractivity contribution in [1.82, 2.24) is 15.5 Å². The molecule has 2 rings (SSSR count). The molecule has 2 atom stereocenters. The van der Waals surface area contributed by atoms with Crippen LogP contribution in [0, 0.1) is 19.8 Å². The van der Waals surface area contributed by atoms with Crippen LogP contribution in [-0.2, 0) is 14.3 Å². The molecule has 7 heteroatoms. The van der Waals surface area contributed by atoms with Gasteiger partial charge in [-0.25, -0.2) is 4.79 Å². The third-order valence-corrected chi connectivity index (χ3v) is 7.64. The molecule has 1 fully saturated rings. The molecule has 0 aliphatic heterocycles. The summed E-state index contributed by atoms with van der Waals surface area (Å²) in [6, 6.07) is 4.50. The second kappa shape index (κ2) is 13.7. The molecule has 0 saturated heterocycles. The van der Waals surface area contributed by atoms with E-state index >= 15 is 0 Å². The van der Waals surface area contributed by atoms with Gasteiger partial charge in [0.2, 0.25) is 11.8 Å². The van der Waals surface area contributed by atoms with Crippen LogP contribution in [0.3, 0.4) is 0 Å². The number of ether oxygens (including phenoxy) is 1. The van der Waals surface area contributed by atoms with Crippen LogP contribution < -0.4 is 10.6 Å². The monoisotopic (exact) mass is 543 g/mol. The lowest BCUT2D eigenvalue weighted by molar-refractivity contribution is -0.150. The number of aryl methyl sites for hydroxylation is 2. The van der Waals surface area contributed by atoms with Gasteiger partial charge in [-0.05, 0) is 91.2 Å². The smallest absolute Gasteiger partial charge is 0.408 e. The summed E-state index contributed by atoms with van der Waals surface area (Å²) in [6.07, 6.45) is 5.71. The van der Waals surface area contributed by atoms with Crippen LogP contribution in [0.4, 0.5) is 4.79 Å². The predicted octanol–water partition coefficient (Wildman–Crippen LogP) is 6.75. The summed E-state index contributed by atoms with van der Waals surface area (Å²) >= 11 is 0. The second-order valence-corrected chi connectivity index (χ2v) is 13.3. The summed E-state index contributed by atoms with van der Waals surface area (Å²) in [5.74, 6) is -0.298. The minimum atomic E-state index is -0.833. The molecule has 1 aromatic carbocycles. The van der Waals surface area contributed by atoms with Crippen molar-refractivity contribution in [2.45, 2.75) is 143 Å². The van der Waals surface area contributed by atoms with Gasteiger partial charge in [0.25, 0.3) is 0 Å². The van der Waals surface area contributed by atoms with Crippen LogP contribution in [0.25, 0.3) is 0 Å². The lowest BCUT2D eigenvalue weighted by atomic mass is 9.88. The maximum Gasteiger partial charge on any atom is 0.408 e. The first-order chi connectivity index (χ1) is 18.1.